The molecule has 0 heterocycles. The summed E-state index contributed by atoms with van der Waals surface area (Å²) in [5.74, 6) is -1.57. The third-order valence-electron chi connectivity index (χ3n) is 3.59. The molecular formula is C19H20BrN3O4. The highest BCUT2D eigenvalue weighted by molar-refractivity contribution is 9.10. The van der Waals surface area contributed by atoms with Gasteiger partial charge in [-0.25, -0.2) is 5.43 Å². The van der Waals surface area contributed by atoms with Crippen LogP contribution in [0.15, 0.2) is 52.0 Å². The number of rotatable bonds is 7. The normalized spacial score (nSPS) is 11.8. The molecule has 142 valence electrons. The van der Waals surface area contributed by atoms with E-state index in [1.165, 1.54) is 19.2 Å². The molecule has 2 rings (SSSR count). The molecule has 0 aliphatic heterocycles. The number of phenols is 1. The van der Waals surface area contributed by atoms with Crippen molar-refractivity contribution in [1.82, 2.24) is 5.43 Å². The number of hydrogen-bond donors (Lipinski definition) is 3. The SMILES string of the molecule is CCOc1cc(C=NNC(=O)C(C)C(=O)Nc2ccccc2Br)ccc1O. The van der Waals surface area contributed by atoms with E-state index >= 15 is 0 Å². The first-order chi connectivity index (χ1) is 12.9. The minimum Gasteiger partial charge on any atom is -0.504 e. The van der Waals surface area contributed by atoms with Gasteiger partial charge in [0.15, 0.2) is 11.5 Å². The molecule has 0 fully saturated rings. The van der Waals surface area contributed by atoms with E-state index in [0.717, 1.165) is 4.47 Å². The van der Waals surface area contributed by atoms with Crippen LogP contribution in [0, 0.1) is 5.92 Å². The Morgan fingerprint density at radius 1 is 1.26 bits per heavy atom. The topological polar surface area (TPSA) is 100 Å². The maximum atomic E-state index is 12.2. The highest BCUT2D eigenvalue weighted by Crippen LogP contribution is 2.26. The standard InChI is InChI=1S/C19H20BrN3O4/c1-3-27-17-10-13(8-9-16(17)24)11-21-23-19(26)12(2)18(25)22-15-7-5-4-6-14(15)20/h4-12,24H,3H2,1-2H3,(H,22,25)(H,23,26). The fourth-order valence-corrected chi connectivity index (χ4v) is 2.46. The van der Waals surface area contributed by atoms with Crippen LogP contribution in [0.2, 0.25) is 0 Å². The highest BCUT2D eigenvalue weighted by Gasteiger charge is 2.21. The van der Waals surface area contributed by atoms with Gasteiger partial charge in [0.05, 0.1) is 18.5 Å². The molecule has 0 aliphatic carbocycles. The molecule has 1 atom stereocenters. The number of hydrogen-bond acceptors (Lipinski definition) is 5. The number of carbonyl (C=O) groups is 2. The third kappa shape index (κ3) is 5.82. The predicted octanol–water partition coefficient (Wildman–Crippen LogP) is 3.28. The summed E-state index contributed by atoms with van der Waals surface area (Å²) in [4.78, 5) is 24.3. The van der Waals surface area contributed by atoms with Gasteiger partial charge >= 0.3 is 0 Å². The molecular weight excluding hydrogens is 414 g/mol. The number of hydrazone groups is 1. The van der Waals surface area contributed by atoms with E-state index in [-0.39, 0.29) is 5.75 Å². The van der Waals surface area contributed by atoms with Crippen molar-refractivity contribution in [2.45, 2.75) is 13.8 Å². The zero-order valence-corrected chi connectivity index (χ0v) is 16.5. The van der Waals surface area contributed by atoms with E-state index in [2.05, 4.69) is 31.8 Å². The Balaban J connectivity index is 1.94. The summed E-state index contributed by atoms with van der Waals surface area (Å²) in [5.41, 5.74) is 3.54. The molecule has 2 amide bonds. The number of amides is 2. The van der Waals surface area contributed by atoms with Gasteiger partial charge in [0.2, 0.25) is 5.91 Å². The van der Waals surface area contributed by atoms with E-state index in [1.807, 2.05) is 6.07 Å². The number of phenolic OH excluding ortho intramolecular Hbond substituents is 1. The average Bonchev–Trinajstić information content (AvgIpc) is 2.65. The van der Waals surface area contributed by atoms with Gasteiger partial charge in [-0.05, 0) is 65.7 Å². The molecule has 1 unspecified atom stereocenters. The lowest BCUT2D eigenvalue weighted by Gasteiger charge is -2.11. The van der Waals surface area contributed by atoms with Crippen molar-refractivity contribution in [3.05, 3.63) is 52.5 Å². The van der Waals surface area contributed by atoms with Crippen molar-refractivity contribution in [2.75, 3.05) is 11.9 Å². The maximum Gasteiger partial charge on any atom is 0.252 e. The van der Waals surface area contributed by atoms with Crippen LogP contribution in [-0.4, -0.2) is 29.7 Å². The number of benzene rings is 2. The van der Waals surface area contributed by atoms with E-state index in [9.17, 15) is 14.7 Å². The lowest BCUT2D eigenvalue weighted by molar-refractivity contribution is -0.131. The summed E-state index contributed by atoms with van der Waals surface area (Å²) in [6.07, 6.45) is 1.40. The first-order valence-electron chi connectivity index (χ1n) is 8.26. The summed E-state index contributed by atoms with van der Waals surface area (Å²) in [7, 11) is 0. The number of carbonyl (C=O) groups excluding carboxylic acids is 2. The molecule has 0 saturated heterocycles. The molecule has 0 aromatic heterocycles. The molecule has 2 aromatic rings. The number of ether oxygens (including phenoxy) is 1. The second-order valence-corrected chi connectivity index (χ2v) is 6.44. The van der Waals surface area contributed by atoms with Crippen molar-refractivity contribution in [3.63, 3.8) is 0 Å². The highest BCUT2D eigenvalue weighted by atomic mass is 79.9. The van der Waals surface area contributed by atoms with E-state index in [4.69, 9.17) is 4.74 Å². The van der Waals surface area contributed by atoms with Crippen molar-refractivity contribution in [2.24, 2.45) is 11.0 Å². The van der Waals surface area contributed by atoms with Crippen LogP contribution in [0.4, 0.5) is 5.69 Å². The molecule has 0 saturated carbocycles. The molecule has 8 heteroatoms. The van der Waals surface area contributed by atoms with Gasteiger partial charge < -0.3 is 15.2 Å². The summed E-state index contributed by atoms with van der Waals surface area (Å²) in [5, 5.41) is 16.2. The maximum absolute atomic E-state index is 12.2. The van der Waals surface area contributed by atoms with Gasteiger partial charge in [-0.3, -0.25) is 9.59 Å². The Hall–Kier alpha value is -2.87. The van der Waals surface area contributed by atoms with Gasteiger partial charge in [0.25, 0.3) is 5.91 Å². The van der Waals surface area contributed by atoms with E-state index in [0.29, 0.717) is 23.6 Å². The van der Waals surface area contributed by atoms with Crippen LogP contribution in [0.25, 0.3) is 0 Å². The number of nitrogens with one attached hydrogen (secondary N) is 2. The molecule has 7 nitrogen and oxygen atoms in total. The monoisotopic (exact) mass is 433 g/mol. The van der Waals surface area contributed by atoms with Crippen LogP contribution < -0.4 is 15.5 Å². The van der Waals surface area contributed by atoms with Crippen LogP contribution >= 0.6 is 15.9 Å². The number of aromatic hydroxyl groups is 1. The lowest BCUT2D eigenvalue weighted by atomic mass is 10.1. The number of anilines is 1. The Labute approximate surface area is 165 Å². The van der Waals surface area contributed by atoms with Gasteiger partial charge in [0, 0.05) is 4.47 Å². The minimum absolute atomic E-state index is 0.0235. The zero-order valence-electron chi connectivity index (χ0n) is 14.9. The Kier molecular flexibility index (Phi) is 7.36. The van der Waals surface area contributed by atoms with Gasteiger partial charge in [-0.15, -0.1) is 0 Å². The largest absolute Gasteiger partial charge is 0.504 e. The van der Waals surface area contributed by atoms with E-state index in [1.54, 1.807) is 37.3 Å². The second kappa shape index (κ2) is 9.72. The molecule has 3 N–H and O–H groups in total. The lowest BCUT2D eigenvalue weighted by Crippen LogP contribution is -2.34. The van der Waals surface area contributed by atoms with E-state index < -0.39 is 17.7 Å². The molecule has 2 aromatic carbocycles. The van der Waals surface area contributed by atoms with Crippen molar-refractivity contribution in [3.8, 4) is 11.5 Å². The first-order valence-corrected chi connectivity index (χ1v) is 9.05. The molecule has 27 heavy (non-hydrogen) atoms. The second-order valence-electron chi connectivity index (χ2n) is 5.59. The minimum atomic E-state index is -0.937. The Morgan fingerprint density at radius 3 is 2.70 bits per heavy atom. The number of nitrogens with zero attached hydrogens (tertiary/aromatic N) is 1. The summed E-state index contributed by atoms with van der Waals surface area (Å²) in [6.45, 7) is 3.71. The molecule has 0 spiro atoms. The predicted molar refractivity (Wildman–Crippen MR) is 107 cm³/mol. The van der Waals surface area contributed by atoms with Gasteiger partial charge in [-0.1, -0.05) is 12.1 Å². The molecule has 0 radical (unpaired) electrons. The summed E-state index contributed by atoms with van der Waals surface area (Å²) in [6, 6.07) is 11.8. The fraction of sp³-hybridized carbons (Fsp3) is 0.211. The zero-order chi connectivity index (χ0) is 19.8. The van der Waals surface area contributed by atoms with Gasteiger partial charge in [-0.2, -0.15) is 5.10 Å². The van der Waals surface area contributed by atoms with Crippen LogP contribution in [0.3, 0.4) is 0 Å². The first kappa shape index (κ1) is 20.4. The van der Waals surface area contributed by atoms with Crippen LogP contribution in [-0.2, 0) is 9.59 Å². The van der Waals surface area contributed by atoms with Crippen LogP contribution in [0.5, 0.6) is 11.5 Å². The molecule has 0 aliphatic rings. The van der Waals surface area contributed by atoms with Crippen molar-refractivity contribution >= 4 is 39.6 Å². The number of halogens is 1. The summed E-state index contributed by atoms with van der Waals surface area (Å²) < 4.78 is 6.01. The summed E-state index contributed by atoms with van der Waals surface area (Å²) >= 11 is 3.33. The third-order valence-corrected chi connectivity index (χ3v) is 4.28. The Bertz CT molecular complexity index is 855. The smallest absolute Gasteiger partial charge is 0.252 e. The van der Waals surface area contributed by atoms with Crippen LogP contribution in [0.1, 0.15) is 19.4 Å². The van der Waals surface area contributed by atoms with Gasteiger partial charge in [0.1, 0.15) is 5.92 Å². The molecule has 0 bridgehead atoms. The van der Waals surface area contributed by atoms with Crippen molar-refractivity contribution in [1.29, 1.82) is 0 Å². The quantitative estimate of drug-likeness (QED) is 0.354. The Morgan fingerprint density at radius 2 is 2.00 bits per heavy atom. The number of para-hydroxylation sites is 1. The average molecular weight is 434 g/mol. The van der Waals surface area contributed by atoms with Crippen molar-refractivity contribution < 1.29 is 19.4 Å². The fourth-order valence-electron chi connectivity index (χ4n) is 2.07.